The second kappa shape index (κ2) is 7.93. The van der Waals surface area contributed by atoms with Crippen LogP contribution in [0.2, 0.25) is 0 Å². The summed E-state index contributed by atoms with van der Waals surface area (Å²) in [6.45, 7) is 4.57. The quantitative estimate of drug-likeness (QED) is 0.865. The maximum Gasteiger partial charge on any atom is 0.218 e. The molecule has 1 aliphatic heterocycles. The minimum absolute atomic E-state index is 0.00829. The number of nitrogens with one attached hydrogen (secondary N) is 1. The minimum atomic E-state index is -3.33. The summed E-state index contributed by atoms with van der Waals surface area (Å²) in [5, 5.41) is 2.76. The molecule has 128 valence electrons. The van der Waals surface area contributed by atoms with Crippen LogP contribution in [-0.4, -0.2) is 37.8 Å². The first-order chi connectivity index (χ1) is 10.9. The number of nitrogens with zero attached hydrogens (tertiary/aromatic N) is 1. The van der Waals surface area contributed by atoms with Gasteiger partial charge in [0.05, 0.1) is 5.75 Å². The summed E-state index contributed by atoms with van der Waals surface area (Å²) in [4.78, 5) is 11.0. The molecule has 1 aromatic carbocycles. The van der Waals surface area contributed by atoms with E-state index in [1.165, 1.54) is 6.92 Å². The first-order valence-electron chi connectivity index (χ1n) is 8.18. The molecule has 0 radical (unpaired) electrons. The monoisotopic (exact) mass is 338 g/mol. The van der Waals surface area contributed by atoms with Gasteiger partial charge in [-0.25, -0.2) is 8.42 Å². The van der Waals surface area contributed by atoms with Crippen molar-refractivity contribution in [2.75, 3.05) is 13.1 Å². The Morgan fingerprint density at radius 1 is 1.26 bits per heavy atom. The van der Waals surface area contributed by atoms with E-state index in [9.17, 15) is 13.2 Å². The van der Waals surface area contributed by atoms with Gasteiger partial charge in [-0.05, 0) is 31.7 Å². The Bertz CT molecular complexity index is 626. The fourth-order valence-electron chi connectivity index (χ4n) is 3.02. The van der Waals surface area contributed by atoms with E-state index in [-0.39, 0.29) is 17.7 Å². The van der Waals surface area contributed by atoms with Crippen molar-refractivity contribution in [3.05, 3.63) is 35.4 Å². The molecule has 0 aliphatic carbocycles. The van der Waals surface area contributed by atoms with Crippen LogP contribution in [-0.2, 0) is 20.6 Å². The van der Waals surface area contributed by atoms with Gasteiger partial charge in [0.1, 0.15) is 0 Å². The lowest BCUT2D eigenvalue weighted by Gasteiger charge is -2.34. The van der Waals surface area contributed by atoms with E-state index < -0.39 is 10.0 Å². The number of hydrogen-bond donors (Lipinski definition) is 1. The van der Waals surface area contributed by atoms with E-state index in [1.807, 2.05) is 31.2 Å². The average Bonchev–Trinajstić information content (AvgIpc) is 2.49. The van der Waals surface area contributed by atoms with Gasteiger partial charge in [-0.15, -0.1) is 0 Å². The standard InChI is InChI=1S/C17H26N2O3S/c1-14-6-8-16(9-7-14)13-23(21,22)19-12-4-3-5-17(19)10-11-18-15(2)20/h6-9,17H,3-5,10-13H2,1-2H3,(H,18,20). The van der Waals surface area contributed by atoms with Crippen LogP contribution in [0.25, 0.3) is 0 Å². The molecular weight excluding hydrogens is 312 g/mol. The highest BCUT2D eigenvalue weighted by Gasteiger charge is 2.31. The number of piperidine rings is 1. The predicted octanol–water partition coefficient (Wildman–Crippen LogP) is 2.21. The SMILES string of the molecule is CC(=O)NCCC1CCCCN1S(=O)(=O)Cc1ccc(C)cc1. The highest BCUT2D eigenvalue weighted by molar-refractivity contribution is 7.88. The zero-order chi connectivity index (χ0) is 16.9. The Labute approximate surface area is 139 Å². The molecule has 0 bridgehead atoms. The Balaban J connectivity index is 2.05. The van der Waals surface area contributed by atoms with E-state index in [0.717, 1.165) is 30.4 Å². The van der Waals surface area contributed by atoms with Crippen LogP contribution in [0.4, 0.5) is 0 Å². The normalized spacial score (nSPS) is 19.5. The van der Waals surface area contributed by atoms with Gasteiger partial charge in [-0.3, -0.25) is 4.79 Å². The molecule has 0 saturated carbocycles. The Kier molecular flexibility index (Phi) is 6.18. The Morgan fingerprint density at radius 2 is 1.96 bits per heavy atom. The van der Waals surface area contributed by atoms with Crippen LogP contribution in [0, 0.1) is 6.92 Å². The van der Waals surface area contributed by atoms with E-state index >= 15 is 0 Å². The van der Waals surface area contributed by atoms with Gasteiger partial charge in [0.15, 0.2) is 0 Å². The molecule has 5 nitrogen and oxygen atoms in total. The second-order valence-corrected chi connectivity index (χ2v) is 8.20. The van der Waals surface area contributed by atoms with Gasteiger partial charge in [0, 0.05) is 26.1 Å². The van der Waals surface area contributed by atoms with Crippen LogP contribution in [0.1, 0.15) is 43.7 Å². The molecule has 1 N–H and O–H groups in total. The molecule has 1 fully saturated rings. The van der Waals surface area contributed by atoms with Crippen LogP contribution >= 0.6 is 0 Å². The second-order valence-electron chi connectivity index (χ2n) is 6.27. The summed E-state index contributed by atoms with van der Waals surface area (Å²) in [5.41, 5.74) is 1.94. The fourth-order valence-corrected chi connectivity index (χ4v) is 4.87. The zero-order valence-electron chi connectivity index (χ0n) is 13.9. The highest BCUT2D eigenvalue weighted by atomic mass is 32.2. The van der Waals surface area contributed by atoms with Crippen molar-refractivity contribution >= 4 is 15.9 Å². The number of aryl methyl sites for hydroxylation is 1. The van der Waals surface area contributed by atoms with Gasteiger partial charge in [0.2, 0.25) is 15.9 Å². The van der Waals surface area contributed by atoms with Crippen molar-refractivity contribution in [3.8, 4) is 0 Å². The van der Waals surface area contributed by atoms with Crippen molar-refractivity contribution in [1.29, 1.82) is 0 Å². The lowest BCUT2D eigenvalue weighted by molar-refractivity contribution is -0.119. The third-order valence-electron chi connectivity index (χ3n) is 4.25. The van der Waals surface area contributed by atoms with Crippen LogP contribution < -0.4 is 5.32 Å². The largest absolute Gasteiger partial charge is 0.356 e. The minimum Gasteiger partial charge on any atom is -0.356 e. The topological polar surface area (TPSA) is 66.5 Å². The van der Waals surface area contributed by atoms with Crippen molar-refractivity contribution in [1.82, 2.24) is 9.62 Å². The molecule has 1 heterocycles. The Hall–Kier alpha value is -1.40. The van der Waals surface area contributed by atoms with E-state index in [4.69, 9.17) is 0 Å². The summed E-state index contributed by atoms with van der Waals surface area (Å²) in [5.74, 6) is -0.0286. The van der Waals surface area contributed by atoms with Gasteiger partial charge < -0.3 is 5.32 Å². The first kappa shape index (κ1) is 17.9. The van der Waals surface area contributed by atoms with Crippen LogP contribution in [0.3, 0.4) is 0 Å². The first-order valence-corrected chi connectivity index (χ1v) is 9.79. The van der Waals surface area contributed by atoms with E-state index in [2.05, 4.69) is 5.32 Å². The average molecular weight is 338 g/mol. The highest BCUT2D eigenvalue weighted by Crippen LogP contribution is 2.24. The summed E-state index contributed by atoms with van der Waals surface area (Å²) in [6.07, 6.45) is 3.49. The molecular formula is C17H26N2O3S. The number of hydrogen-bond acceptors (Lipinski definition) is 3. The van der Waals surface area contributed by atoms with E-state index in [1.54, 1.807) is 4.31 Å². The molecule has 1 saturated heterocycles. The maximum atomic E-state index is 12.8. The summed E-state index contributed by atoms with van der Waals surface area (Å²) in [6, 6.07) is 7.63. The molecule has 1 atom stereocenters. The molecule has 1 aromatic rings. The smallest absolute Gasteiger partial charge is 0.218 e. The number of sulfonamides is 1. The summed E-state index contributed by atoms with van der Waals surface area (Å²) < 4.78 is 27.2. The van der Waals surface area contributed by atoms with Crippen molar-refractivity contribution in [2.45, 2.75) is 51.3 Å². The molecule has 0 aromatic heterocycles. The number of amides is 1. The van der Waals surface area contributed by atoms with Crippen molar-refractivity contribution < 1.29 is 13.2 Å². The molecule has 2 rings (SSSR count). The molecule has 1 amide bonds. The fraction of sp³-hybridized carbons (Fsp3) is 0.588. The van der Waals surface area contributed by atoms with Crippen LogP contribution in [0.5, 0.6) is 0 Å². The zero-order valence-corrected chi connectivity index (χ0v) is 14.7. The Morgan fingerprint density at radius 3 is 2.61 bits per heavy atom. The lowest BCUT2D eigenvalue weighted by Crippen LogP contribution is -2.45. The van der Waals surface area contributed by atoms with Crippen molar-refractivity contribution in [2.24, 2.45) is 0 Å². The van der Waals surface area contributed by atoms with Gasteiger partial charge >= 0.3 is 0 Å². The predicted molar refractivity (Wildman–Crippen MR) is 91.4 cm³/mol. The summed E-state index contributed by atoms with van der Waals surface area (Å²) in [7, 11) is -3.33. The van der Waals surface area contributed by atoms with Gasteiger partial charge in [-0.1, -0.05) is 36.2 Å². The number of carbonyl (C=O) groups excluding carboxylic acids is 1. The number of benzene rings is 1. The van der Waals surface area contributed by atoms with Crippen LogP contribution in [0.15, 0.2) is 24.3 Å². The van der Waals surface area contributed by atoms with Crippen molar-refractivity contribution in [3.63, 3.8) is 0 Å². The molecule has 1 unspecified atom stereocenters. The summed E-state index contributed by atoms with van der Waals surface area (Å²) >= 11 is 0. The lowest BCUT2D eigenvalue weighted by atomic mass is 10.0. The maximum absolute atomic E-state index is 12.8. The van der Waals surface area contributed by atoms with Gasteiger partial charge in [-0.2, -0.15) is 4.31 Å². The molecule has 0 spiro atoms. The molecule has 6 heteroatoms. The number of rotatable bonds is 6. The molecule has 23 heavy (non-hydrogen) atoms. The van der Waals surface area contributed by atoms with E-state index in [0.29, 0.717) is 19.5 Å². The number of carbonyl (C=O) groups is 1. The van der Waals surface area contributed by atoms with Gasteiger partial charge in [0.25, 0.3) is 0 Å². The molecule has 1 aliphatic rings. The third-order valence-corrected chi connectivity index (χ3v) is 6.15. The third kappa shape index (κ3) is 5.32.